The van der Waals surface area contributed by atoms with Gasteiger partial charge in [-0.05, 0) is 47.7 Å². The molecule has 5 rings (SSSR count). The van der Waals surface area contributed by atoms with Crippen molar-refractivity contribution in [3.8, 4) is 0 Å². The minimum absolute atomic E-state index is 0.0315. The standard InChI is InChI=1S/C28H25ClN2O2/c1-2-26(33)31-24-11-7-6-10-22(24)30-23-16-20(18-8-4-3-5-9-18)17-25(32)27(23)28(31)19-12-14-21(29)15-13-19/h3-15,20,28,30H,2,16-17H2,1H3/t20-,28-/m0/s1. The second kappa shape index (κ2) is 8.87. The van der Waals surface area contributed by atoms with Crippen LogP contribution in [0, 0.1) is 0 Å². The number of hydrogen-bond donors (Lipinski definition) is 1. The van der Waals surface area contributed by atoms with Gasteiger partial charge in [-0.15, -0.1) is 0 Å². The maximum Gasteiger partial charge on any atom is 0.227 e. The molecule has 0 saturated carbocycles. The Labute approximate surface area is 198 Å². The number of rotatable bonds is 3. The summed E-state index contributed by atoms with van der Waals surface area (Å²) in [5, 5.41) is 4.17. The summed E-state index contributed by atoms with van der Waals surface area (Å²) >= 11 is 6.17. The van der Waals surface area contributed by atoms with Crippen LogP contribution in [-0.4, -0.2) is 11.7 Å². The molecular formula is C28H25ClN2O2. The Kier molecular flexibility index (Phi) is 5.77. The second-order valence-electron chi connectivity index (χ2n) is 8.54. The molecule has 166 valence electrons. The maximum atomic E-state index is 13.8. The number of fused-ring (bicyclic) bond motifs is 1. The topological polar surface area (TPSA) is 49.4 Å². The Hall–Kier alpha value is -3.37. The molecule has 1 aliphatic carbocycles. The quantitative estimate of drug-likeness (QED) is 0.480. The predicted molar refractivity (Wildman–Crippen MR) is 132 cm³/mol. The van der Waals surface area contributed by atoms with E-state index in [0.29, 0.717) is 29.9 Å². The minimum Gasteiger partial charge on any atom is -0.357 e. The van der Waals surface area contributed by atoms with E-state index in [-0.39, 0.29) is 17.6 Å². The first-order valence-electron chi connectivity index (χ1n) is 11.3. The van der Waals surface area contributed by atoms with Crippen molar-refractivity contribution in [1.29, 1.82) is 0 Å². The highest BCUT2D eigenvalue weighted by Crippen LogP contribution is 2.47. The van der Waals surface area contributed by atoms with Gasteiger partial charge in [0, 0.05) is 29.1 Å². The number of halogens is 1. The van der Waals surface area contributed by atoms with Crippen molar-refractivity contribution in [3.05, 3.63) is 106 Å². The third-order valence-electron chi connectivity index (χ3n) is 6.52. The highest BCUT2D eigenvalue weighted by Gasteiger charge is 2.41. The summed E-state index contributed by atoms with van der Waals surface area (Å²) in [6.45, 7) is 1.85. The number of Topliss-reactive ketones (excluding diaryl/α,β-unsaturated/α-hetero) is 1. The molecule has 0 radical (unpaired) electrons. The fraction of sp³-hybridized carbons (Fsp3) is 0.214. The Morgan fingerprint density at radius 2 is 1.64 bits per heavy atom. The largest absolute Gasteiger partial charge is 0.357 e. The van der Waals surface area contributed by atoms with E-state index in [4.69, 9.17) is 11.6 Å². The zero-order chi connectivity index (χ0) is 22.9. The lowest BCUT2D eigenvalue weighted by atomic mass is 9.78. The lowest BCUT2D eigenvalue weighted by Crippen LogP contribution is -2.38. The number of allylic oxidation sites excluding steroid dienone is 1. The van der Waals surface area contributed by atoms with Crippen molar-refractivity contribution in [1.82, 2.24) is 0 Å². The molecule has 2 aliphatic rings. The zero-order valence-corrected chi connectivity index (χ0v) is 19.2. The molecule has 0 spiro atoms. The van der Waals surface area contributed by atoms with Gasteiger partial charge in [-0.2, -0.15) is 0 Å². The van der Waals surface area contributed by atoms with Crippen LogP contribution in [-0.2, 0) is 9.59 Å². The number of carbonyl (C=O) groups is 2. The molecule has 0 saturated heterocycles. The monoisotopic (exact) mass is 456 g/mol. The molecule has 1 N–H and O–H groups in total. The Balaban J connectivity index is 1.71. The van der Waals surface area contributed by atoms with Crippen LogP contribution in [0.1, 0.15) is 49.3 Å². The smallest absolute Gasteiger partial charge is 0.227 e. The average molecular weight is 457 g/mol. The van der Waals surface area contributed by atoms with Crippen molar-refractivity contribution in [2.45, 2.75) is 38.1 Å². The average Bonchev–Trinajstić information content (AvgIpc) is 2.99. The third kappa shape index (κ3) is 3.96. The van der Waals surface area contributed by atoms with Gasteiger partial charge in [-0.3, -0.25) is 14.5 Å². The Bertz CT molecular complexity index is 1230. The van der Waals surface area contributed by atoms with Crippen molar-refractivity contribution in [2.24, 2.45) is 0 Å². The molecule has 2 atom stereocenters. The van der Waals surface area contributed by atoms with Gasteiger partial charge in [0.05, 0.1) is 17.4 Å². The Morgan fingerprint density at radius 3 is 2.36 bits per heavy atom. The molecule has 3 aromatic rings. The van der Waals surface area contributed by atoms with Crippen molar-refractivity contribution in [2.75, 3.05) is 10.2 Å². The van der Waals surface area contributed by atoms with Crippen LogP contribution >= 0.6 is 11.6 Å². The van der Waals surface area contributed by atoms with Gasteiger partial charge in [0.2, 0.25) is 5.91 Å². The molecular weight excluding hydrogens is 432 g/mol. The van der Waals surface area contributed by atoms with Crippen LogP contribution < -0.4 is 10.2 Å². The van der Waals surface area contributed by atoms with E-state index in [1.807, 2.05) is 73.7 Å². The van der Waals surface area contributed by atoms with E-state index >= 15 is 0 Å². The van der Waals surface area contributed by atoms with Crippen molar-refractivity contribution >= 4 is 34.7 Å². The summed E-state index contributed by atoms with van der Waals surface area (Å²) in [5.41, 5.74) is 5.20. The number of ketones is 1. The fourth-order valence-corrected chi connectivity index (χ4v) is 5.08. The molecule has 5 heteroatoms. The van der Waals surface area contributed by atoms with E-state index in [0.717, 1.165) is 28.2 Å². The van der Waals surface area contributed by atoms with Crippen molar-refractivity contribution in [3.63, 3.8) is 0 Å². The number of benzene rings is 3. The van der Waals surface area contributed by atoms with Crippen LogP contribution in [0.5, 0.6) is 0 Å². The number of carbonyl (C=O) groups excluding carboxylic acids is 2. The second-order valence-corrected chi connectivity index (χ2v) is 8.98. The van der Waals surface area contributed by atoms with Crippen LogP contribution in [0.15, 0.2) is 90.1 Å². The maximum absolute atomic E-state index is 13.8. The van der Waals surface area contributed by atoms with Crippen molar-refractivity contribution < 1.29 is 9.59 Å². The van der Waals surface area contributed by atoms with Crippen LogP contribution in [0.4, 0.5) is 11.4 Å². The van der Waals surface area contributed by atoms with Crippen LogP contribution in [0.25, 0.3) is 0 Å². The number of nitrogens with one attached hydrogen (secondary N) is 1. The summed E-state index contributed by atoms with van der Waals surface area (Å²) < 4.78 is 0. The first-order valence-corrected chi connectivity index (χ1v) is 11.7. The summed E-state index contributed by atoms with van der Waals surface area (Å²) in [6, 6.07) is 24.9. The van der Waals surface area contributed by atoms with E-state index < -0.39 is 6.04 Å². The van der Waals surface area contributed by atoms with Gasteiger partial charge >= 0.3 is 0 Å². The van der Waals surface area contributed by atoms with Gasteiger partial charge < -0.3 is 5.32 Å². The molecule has 1 heterocycles. The number of amides is 1. The van der Waals surface area contributed by atoms with Gasteiger partial charge in [-0.25, -0.2) is 0 Å². The van der Waals surface area contributed by atoms with E-state index in [1.165, 1.54) is 0 Å². The van der Waals surface area contributed by atoms with E-state index in [1.54, 1.807) is 4.90 Å². The molecule has 33 heavy (non-hydrogen) atoms. The van der Waals surface area contributed by atoms with Crippen LogP contribution in [0.3, 0.4) is 0 Å². The molecule has 0 fully saturated rings. The molecule has 0 aromatic heterocycles. The van der Waals surface area contributed by atoms with E-state index in [2.05, 4.69) is 17.4 Å². The first kappa shape index (κ1) is 21.5. The van der Waals surface area contributed by atoms with E-state index in [9.17, 15) is 9.59 Å². The minimum atomic E-state index is -0.509. The molecule has 1 amide bonds. The summed E-state index contributed by atoms with van der Waals surface area (Å²) in [5.74, 6) is 0.131. The fourth-order valence-electron chi connectivity index (χ4n) is 4.96. The molecule has 4 nitrogen and oxygen atoms in total. The molecule has 0 bridgehead atoms. The molecule has 1 aliphatic heterocycles. The SMILES string of the molecule is CCC(=O)N1c2ccccc2NC2=C(C(=O)C[C@@H](c3ccccc3)C2)[C@@H]1c1ccc(Cl)cc1. The van der Waals surface area contributed by atoms with Gasteiger partial charge in [0.15, 0.2) is 5.78 Å². The number of para-hydroxylation sites is 2. The predicted octanol–water partition coefficient (Wildman–Crippen LogP) is 6.65. The highest BCUT2D eigenvalue weighted by atomic mass is 35.5. The lowest BCUT2D eigenvalue weighted by Gasteiger charge is -2.35. The number of anilines is 2. The Morgan fingerprint density at radius 1 is 0.939 bits per heavy atom. The normalized spacial score (nSPS) is 19.9. The molecule has 3 aromatic carbocycles. The van der Waals surface area contributed by atoms with Gasteiger partial charge in [-0.1, -0.05) is 73.1 Å². The summed E-state index contributed by atoms with van der Waals surface area (Å²) in [7, 11) is 0. The lowest BCUT2D eigenvalue weighted by molar-refractivity contribution is -0.119. The highest BCUT2D eigenvalue weighted by molar-refractivity contribution is 6.30. The summed E-state index contributed by atoms with van der Waals surface area (Å²) in [4.78, 5) is 28.9. The summed E-state index contributed by atoms with van der Waals surface area (Å²) in [6.07, 6.45) is 1.46. The number of nitrogens with zero attached hydrogens (tertiary/aromatic N) is 1. The third-order valence-corrected chi connectivity index (χ3v) is 6.77. The number of hydrogen-bond acceptors (Lipinski definition) is 3. The van der Waals surface area contributed by atoms with Gasteiger partial charge in [0.1, 0.15) is 0 Å². The molecule has 0 unspecified atom stereocenters. The van der Waals surface area contributed by atoms with Gasteiger partial charge in [0.25, 0.3) is 0 Å². The zero-order valence-electron chi connectivity index (χ0n) is 18.4. The first-order chi connectivity index (χ1) is 16.1. The van der Waals surface area contributed by atoms with Crippen LogP contribution in [0.2, 0.25) is 5.02 Å².